The molecule has 0 saturated heterocycles. The summed E-state index contributed by atoms with van der Waals surface area (Å²) in [6.07, 6.45) is 1.52. The van der Waals surface area contributed by atoms with Crippen LogP contribution in [0.4, 0.5) is 5.69 Å². The van der Waals surface area contributed by atoms with Crippen molar-refractivity contribution in [3.05, 3.63) is 24.0 Å². The summed E-state index contributed by atoms with van der Waals surface area (Å²) in [5.41, 5.74) is 1.40. The van der Waals surface area contributed by atoms with E-state index in [1.807, 2.05) is 0 Å². The zero-order valence-electron chi connectivity index (χ0n) is 7.24. The van der Waals surface area contributed by atoms with Crippen LogP contribution < -0.4 is 5.32 Å². The van der Waals surface area contributed by atoms with E-state index in [1.54, 1.807) is 31.3 Å². The Labute approximate surface area is 76.2 Å². The summed E-state index contributed by atoms with van der Waals surface area (Å²) < 4.78 is 0. The van der Waals surface area contributed by atoms with E-state index in [0.717, 1.165) is 5.69 Å². The molecule has 0 aromatic carbocycles. The first kappa shape index (κ1) is 9.20. The Kier molecular flexibility index (Phi) is 2.98. The van der Waals surface area contributed by atoms with Gasteiger partial charge in [0.2, 0.25) is 5.91 Å². The molecule has 1 aromatic heterocycles. The molecule has 0 fully saturated rings. The van der Waals surface area contributed by atoms with Crippen molar-refractivity contribution in [2.45, 2.75) is 13.3 Å². The summed E-state index contributed by atoms with van der Waals surface area (Å²) in [7, 11) is 0. The van der Waals surface area contributed by atoms with Crippen molar-refractivity contribution in [2.75, 3.05) is 5.32 Å². The van der Waals surface area contributed by atoms with Crippen molar-refractivity contribution >= 4 is 11.6 Å². The third-order valence-electron chi connectivity index (χ3n) is 1.52. The minimum atomic E-state index is -0.307. The molecule has 1 heterocycles. The molecule has 0 aliphatic carbocycles. The number of nitrogens with zero attached hydrogens (tertiary/aromatic N) is 2. The molecule has 1 rings (SSSR count). The first-order chi connectivity index (χ1) is 6.24. The van der Waals surface area contributed by atoms with Crippen molar-refractivity contribution in [1.29, 1.82) is 5.26 Å². The number of nitriles is 1. The van der Waals surface area contributed by atoms with Crippen LogP contribution in [0.15, 0.2) is 18.3 Å². The fraction of sp³-hybridized carbons (Fsp3) is 0.222. The second kappa shape index (κ2) is 4.21. The Hall–Kier alpha value is -1.89. The summed E-state index contributed by atoms with van der Waals surface area (Å²) in [6, 6.07) is 5.25. The number of hydrogen-bond donors (Lipinski definition) is 1. The van der Waals surface area contributed by atoms with Gasteiger partial charge in [-0.15, -0.1) is 0 Å². The summed E-state index contributed by atoms with van der Waals surface area (Å²) >= 11 is 0. The molecule has 4 heteroatoms. The zero-order chi connectivity index (χ0) is 9.68. The SMILES string of the molecule is Cc1ncccc1NC(=O)CC#N. The van der Waals surface area contributed by atoms with Crippen LogP contribution in [0.5, 0.6) is 0 Å². The number of amides is 1. The predicted molar refractivity (Wildman–Crippen MR) is 47.8 cm³/mol. The molecule has 0 spiro atoms. The number of aryl methyl sites for hydroxylation is 1. The maximum absolute atomic E-state index is 11.0. The van der Waals surface area contributed by atoms with Crippen LogP contribution >= 0.6 is 0 Å². The first-order valence-electron chi connectivity index (χ1n) is 3.82. The monoisotopic (exact) mass is 175 g/mol. The normalized spacial score (nSPS) is 8.92. The second-order valence-electron chi connectivity index (χ2n) is 2.52. The van der Waals surface area contributed by atoms with Gasteiger partial charge in [0.05, 0.1) is 17.5 Å². The Balaban J connectivity index is 2.70. The van der Waals surface area contributed by atoms with Crippen molar-refractivity contribution in [1.82, 2.24) is 4.98 Å². The van der Waals surface area contributed by atoms with E-state index in [-0.39, 0.29) is 12.3 Å². The molecule has 0 atom stereocenters. The molecule has 1 aromatic rings. The molecular weight excluding hydrogens is 166 g/mol. The molecule has 0 saturated carbocycles. The maximum atomic E-state index is 11.0. The number of aromatic nitrogens is 1. The topological polar surface area (TPSA) is 65.8 Å². The standard InChI is InChI=1S/C9H9N3O/c1-7-8(3-2-6-11-7)12-9(13)4-5-10/h2-3,6H,4H2,1H3,(H,12,13). The van der Waals surface area contributed by atoms with Crippen LogP contribution in [0.25, 0.3) is 0 Å². The molecule has 0 bridgehead atoms. The second-order valence-corrected chi connectivity index (χ2v) is 2.52. The lowest BCUT2D eigenvalue weighted by atomic mass is 10.3. The van der Waals surface area contributed by atoms with Gasteiger partial charge in [-0.05, 0) is 19.1 Å². The van der Waals surface area contributed by atoms with Gasteiger partial charge in [-0.2, -0.15) is 5.26 Å². The van der Waals surface area contributed by atoms with Gasteiger partial charge in [0.1, 0.15) is 6.42 Å². The first-order valence-corrected chi connectivity index (χ1v) is 3.82. The third-order valence-corrected chi connectivity index (χ3v) is 1.52. The van der Waals surface area contributed by atoms with Crippen LogP contribution in [-0.4, -0.2) is 10.9 Å². The van der Waals surface area contributed by atoms with Crippen molar-refractivity contribution in [3.63, 3.8) is 0 Å². The van der Waals surface area contributed by atoms with Gasteiger partial charge in [0.25, 0.3) is 0 Å². The minimum absolute atomic E-state index is 0.131. The van der Waals surface area contributed by atoms with E-state index in [4.69, 9.17) is 5.26 Å². The van der Waals surface area contributed by atoms with Crippen molar-refractivity contribution in [2.24, 2.45) is 0 Å². The van der Waals surface area contributed by atoms with Crippen LogP contribution in [0.3, 0.4) is 0 Å². The number of nitrogens with one attached hydrogen (secondary N) is 1. The van der Waals surface area contributed by atoms with Gasteiger partial charge in [0.15, 0.2) is 0 Å². The largest absolute Gasteiger partial charge is 0.324 e. The molecule has 1 N–H and O–H groups in total. The van der Waals surface area contributed by atoms with E-state index in [2.05, 4.69) is 10.3 Å². The number of pyridine rings is 1. The zero-order valence-corrected chi connectivity index (χ0v) is 7.24. The minimum Gasteiger partial charge on any atom is -0.324 e. The lowest BCUT2D eigenvalue weighted by molar-refractivity contribution is -0.115. The molecular formula is C9H9N3O. The molecule has 0 aliphatic rings. The fourth-order valence-electron chi connectivity index (χ4n) is 0.883. The summed E-state index contributed by atoms with van der Waals surface area (Å²) in [4.78, 5) is 15.0. The number of hydrogen-bond acceptors (Lipinski definition) is 3. The summed E-state index contributed by atoms with van der Waals surface area (Å²) in [5.74, 6) is -0.307. The molecule has 0 aliphatic heterocycles. The molecule has 0 radical (unpaired) electrons. The third kappa shape index (κ3) is 2.56. The fourth-order valence-corrected chi connectivity index (χ4v) is 0.883. The average Bonchev–Trinajstić information content (AvgIpc) is 2.09. The van der Waals surface area contributed by atoms with E-state index in [0.29, 0.717) is 5.69 Å². The van der Waals surface area contributed by atoms with Gasteiger partial charge in [-0.3, -0.25) is 9.78 Å². The number of carbonyl (C=O) groups excluding carboxylic acids is 1. The van der Waals surface area contributed by atoms with Gasteiger partial charge in [0, 0.05) is 6.20 Å². The van der Waals surface area contributed by atoms with Crippen LogP contribution in [0.1, 0.15) is 12.1 Å². The van der Waals surface area contributed by atoms with Gasteiger partial charge < -0.3 is 5.32 Å². The predicted octanol–water partition coefficient (Wildman–Crippen LogP) is 1.24. The lowest BCUT2D eigenvalue weighted by Crippen LogP contribution is -2.11. The highest BCUT2D eigenvalue weighted by Crippen LogP contribution is 2.09. The highest BCUT2D eigenvalue weighted by atomic mass is 16.1. The van der Waals surface area contributed by atoms with E-state index in [1.165, 1.54) is 0 Å². The Bertz CT molecular complexity index is 354. The van der Waals surface area contributed by atoms with Crippen molar-refractivity contribution in [3.8, 4) is 6.07 Å². The molecule has 1 amide bonds. The number of rotatable bonds is 2. The summed E-state index contributed by atoms with van der Waals surface area (Å²) in [5, 5.41) is 10.8. The van der Waals surface area contributed by atoms with Crippen molar-refractivity contribution < 1.29 is 4.79 Å². The molecule has 0 unspecified atom stereocenters. The van der Waals surface area contributed by atoms with Crippen LogP contribution in [0, 0.1) is 18.3 Å². The van der Waals surface area contributed by atoms with E-state index in [9.17, 15) is 4.79 Å². The lowest BCUT2D eigenvalue weighted by Gasteiger charge is -2.04. The Morgan fingerprint density at radius 2 is 2.54 bits per heavy atom. The van der Waals surface area contributed by atoms with Crippen LogP contribution in [-0.2, 0) is 4.79 Å². The number of anilines is 1. The smallest absolute Gasteiger partial charge is 0.238 e. The molecule has 13 heavy (non-hydrogen) atoms. The van der Waals surface area contributed by atoms with Gasteiger partial charge >= 0.3 is 0 Å². The van der Waals surface area contributed by atoms with Crippen LogP contribution in [0.2, 0.25) is 0 Å². The average molecular weight is 175 g/mol. The Morgan fingerprint density at radius 3 is 3.15 bits per heavy atom. The van der Waals surface area contributed by atoms with E-state index < -0.39 is 0 Å². The quantitative estimate of drug-likeness (QED) is 0.735. The maximum Gasteiger partial charge on any atom is 0.238 e. The van der Waals surface area contributed by atoms with Gasteiger partial charge in [-0.1, -0.05) is 0 Å². The Morgan fingerprint density at radius 1 is 1.77 bits per heavy atom. The summed E-state index contributed by atoms with van der Waals surface area (Å²) in [6.45, 7) is 1.79. The van der Waals surface area contributed by atoms with E-state index >= 15 is 0 Å². The highest BCUT2D eigenvalue weighted by Gasteiger charge is 2.02. The number of carbonyl (C=O) groups is 1. The molecule has 66 valence electrons. The van der Waals surface area contributed by atoms with Gasteiger partial charge in [-0.25, -0.2) is 0 Å². The molecule has 4 nitrogen and oxygen atoms in total. The highest BCUT2D eigenvalue weighted by molar-refractivity contribution is 5.92.